The molecule has 0 fully saturated rings. The highest BCUT2D eigenvalue weighted by atomic mass is 16.6. The number of nitro groups is 2. The van der Waals surface area contributed by atoms with E-state index in [1.165, 1.54) is 41.6 Å². The number of aryl methyl sites for hydroxylation is 2. The van der Waals surface area contributed by atoms with Crippen LogP contribution >= 0.6 is 0 Å². The summed E-state index contributed by atoms with van der Waals surface area (Å²) in [5.74, 6) is 3.46. The van der Waals surface area contributed by atoms with Gasteiger partial charge in [0, 0.05) is 12.1 Å². The van der Waals surface area contributed by atoms with Gasteiger partial charge in [-0.25, -0.2) is 19.3 Å². The molecule has 6 rings (SSSR count). The molecule has 0 aliphatic rings. The summed E-state index contributed by atoms with van der Waals surface area (Å²) in [6, 6.07) is 23.6. The van der Waals surface area contributed by atoms with Crippen LogP contribution in [0.5, 0.6) is 23.0 Å². The Morgan fingerprint density at radius 3 is 1.60 bits per heavy atom. The normalized spacial score (nSPS) is 10.5. The van der Waals surface area contributed by atoms with Crippen LogP contribution in [-0.4, -0.2) is 53.6 Å². The third-order valence-corrected chi connectivity index (χ3v) is 7.21. The number of hydrogen-bond acceptors (Lipinski definition) is 12. The molecule has 2 aromatic heterocycles. The van der Waals surface area contributed by atoms with Crippen LogP contribution in [-0.2, 0) is 13.2 Å². The van der Waals surface area contributed by atoms with E-state index in [1.54, 1.807) is 44.9 Å². The van der Waals surface area contributed by atoms with Gasteiger partial charge in [0.25, 0.3) is 11.4 Å². The van der Waals surface area contributed by atoms with Gasteiger partial charge in [0.05, 0.1) is 36.2 Å². The summed E-state index contributed by atoms with van der Waals surface area (Å²) in [6.07, 6.45) is 2.96. The van der Waals surface area contributed by atoms with Crippen LogP contribution in [0.15, 0.2) is 97.6 Å². The molecule has 0 unspecified atom stereocenters. The molecule has 0 amide bonds. The Hall–Kier alpha value is -6.84. The minimum atomic E-state index is -0.462. The fraction of sp³-hybridized carbons (Fsp3) is 0.176. The van der Waals surface area contributed by atoms with Crippen molar-refractivity contribution in [1.82, 2.24) is 29.5 Å². The molecule has 0 saturated carbocycles. The van der Waals surface area contributed by atoms with Crippen molar-refractivity contribution in [3.63, 3.8) is 0 Å². The van der Waals surface area contributed by atoms with Crippen molar-refractivity contribution in [2.75, 3.05) is 14.2 Å². The second kappa shape index (κ2) is 15.8. The SMILES string of the molecule is COc1ccc(COc2cc([N+](=O)[O-])ccc2-n2cnc(C)n2)cc1.COc1ccc(COc2cc([N+](=O)[O-])ccc2-n2ncnc2C)cc1. The number of hydrogen-bond donors (Lipinski definition) is 0. The fourth-order valence-corrected chi connectivity index (χ4v) is 4.59. The van der Waals surface area contributed by atoms with Gasteiger partial charge >= 0.3 is 0 Å². The second-order valence-corrected chi connectivity index (χ2v) is 10.5. The van der Waals surface area contributed by atoms with E-state index in [9.17, 15) is 20.2 Å². The largest absolute Gasteiger partial charge is 0.497 e. The molecule has 0 spiro atoms. The molecule has 0 saturated heterocycles. The summed E-state index contributed by atoms with van der Waals surface area (Å²) in [7, 11) is 3.20. The van der Waals surface area contributed by atoms with Gasteiger partial charge in [-0.05, 0) is 61.4 Å². The highest BCUT2D eigenvalue weighted by Crippen LogP contribution is 2.30. The summed E-state index contributed by atoms with van der Waals surface area (Å²) in [5.41, 5.74) is 2.90. The first-order valence-electron chi connectivity index (χ1n) is 15.0. The first-order valence-corrected chi connectivity index (χ1v) is 15.0. The molecule has 0 atom stereocenters. The van der Waals surface area contributed by atoms with Crippen LogP contribution in [0.1, 0.15) is 22.8 Å². The number of ether oxygens (including phenoxy) is 4. The maximum Gasteiger partial charge on any atom is 0.273 e. The van der Waals surface area contributed by atoms with Crippen molar-refractivity contribution >= 4 is 11.4 Å². The minimum Gasteiger partial charge on any atom is -0.497 e. The average molecular weight is 681 g/mol. The quantitative estimate of drug-likeness (QED) is 0.106. The van der Waals surface area contributed by atoms with Gasteiger partial charge in [-0.1, -0.05) is 24.3 Å². The molecule has 2 heterocycles. The first kappa shape index (κ1) is 34.5. The van der Waals surface area contributed by atoms with Crippen molar-refractivity contribution in [1.29, 1.82) is 0 Å². The number of rotatable bonds is 12. The molecule has 50 heavy (non-hydrogen) atoms. The zero-order valence-electron chi connectivity index (χ0n) is 27.5. The van der Waals surface area contributed by atoms with E-state index in [4.69, 9.17) is 18.9 Å². The summed E-state index contributed by atoms with van der Waals surface area (Å²) in [4.78, 5) is 29.3. The third kappa shape index (κ3) is 8.54. The molecule has 256 valence electrons. The highest BCUT2D eigenvalue weighted by Gasteiger charge is 2.17. The Kier molecular flexibility index (Phi) is 10.9. The third-order valence-electron chi connectivity index (χ3n) is 7.21. The Bertz CT molecular complexity index is 2080. The van der Waals surface area contributed by atoms with Gasteiger partial charge in [0.1, 0.15) is 60.4 Å². The molecule has 0 bridgehead atoms. The van der Waals surface area contributed by atoms with Crippen molar-refractivity contribution in [2.45, 2.75) is 27.1 Å². The molecular weight excluding hydrogens is 648 g/mol. The molecule has 16 nitrogen and oxygen atoms in total. The maximum atomic E-state index is 11.1. The van der Waals surface area contributed by atoms with Gasteiger partial charge in [0.15, 0.2) is 11.5 Å². The monoisotopic (exact) mass is 680 g/mol. The van der Waals surface area contributed by atoms with Crippen LogP contribution < -0.4 is 18.9 Å². The summed E-state index contributed by atoms with van der Waals surface area (Å²) in [6.45, 7) is 4.07. The predicted molar refractivity (Wildman–Crippen MR) is 180 cm³/mol. The van der Waals surface area contributed by atoms with Crippen LogP contribution in [0, 0.1) is 34.1 Å². The number of nitrogens with zero attached hydrogens (tertiary/aromatic N) is 8. The van der Waals surface area contributed by atoms with E-state index in [0.29, 0.717) is 34.5 Å². The van der Waals surface area contributed by atoms with Crippen LogP contribution in [0.4, 0.5) is 11.4 Å². The van der Waals surface area contributed by atoms with E-state index in [-0.39, 0.29) is 24.6 Å². The van der Waals surface area contributed by atoms with Crippen molar-refractivity contribution in [3.05, 3.63) is 141 Å². The molecule has 0 aliphatic carbocycles. The van der Waals surface area contributed by atoms with Crippen molar-refractivity contribution in [3.8, 4) is 34.4 Å². The van der Waals surface area contributed by atoms with E-state index in [2.05, 4.69) is 20.2 Å². The van der Waals surface area contributed by atoms with E-state index in [1.807, 2.05) is 48.5 Å². The molecular formula is C34H32N8O8. The predicted octanol–water partition coefficient (Wildman–Crippen LogP) is 6.14. The summed E-state index contributed by atoms with van der Waals surface area (Å²) in [5, 5.41) is 30.5. The molecule has 0 aliphatic heterocycles. The number of aromatic nitrogens is 6. The second-order valence-electron chi connectivity index (χ2n) is 10.5. The summed E-state index contributed by atoms with van der Waals surface area (Å²) < 4.78 is 25.0. The fourth-order valence-electron chi connectivity index (χ4n) is 4.59. The van der Waals surface area contributed by atoms with E-state index < -0.39 is 9.85 Å². The Labute approximate surface area is 285 Å². The standard InChI is InChI=1S/2C17H16N4O4/c1-12-18-11-20(19-12)16-8-5-14(21(22)23)9-17(16)25-10-13-3-6-15(24-2)7-4-13;1-12-18-11-19-20(12)16-8-5-14(21(22)23)9-17(16)25-10-13-3-6-15(24-2)7-4-13/h2*3-9,11H,10H2,1-2H3. The smallest absolute Gasteiger partial charge is 0.273 e. The topological polar surface area (TPSA) is 185 Å². The molecule has 16 heteroatoms. The van der Waals surface area contributed by atoms with Crippen LogP contribution in [0.25, 0.3) is 11.4 Å². The number of non-ortho nitro benzene ring substituents is 2. The number of benzene rings is 4. The lowest BCUT2D eigenvalue weighted by Gasteiger charge is -2.12. The number of methoxy groups -OCH3 is 2. The van der Waals surface area contributed by atoms with E-state index in [0.717, 1.165) is 22.6 Å². The van der Waals surface area contributed by atoms with Crippen LogP contribution in [0.3, 0.4) is 0 Å². The Morgan fingerprint density at radius 2 is 1.18 bits per heavy atom. The molecule has 4 aromatic carbocycles. The van der Waals surface area contributed by atoms with Gasteiger partial charge in [0.2, 0.25) is 0 Å². The van der Waals surface area contributed by atoms with Gasteiger partial charge in [-0.15, -0.1) is 0 Å². The van der Waals surface area contributed by atoms with Gasteiger partial charge in [-0.2, -0.15) is 10.2 Å². The van der Waals surface area contributed by atoms with Gasteiger partial charge < -0.3 is 18.9 Å². The van der Waals surface area contributed by atoms with E-state index >= 15 is 0 Å². The van der Waals surface area contributed by atoms with Crippen LogP contribution in [0.2, 0.25) is 0 Å². The molecule has 0 N–H and O–H groups in total. The minimum absolute atomic E-state index is 0.0498. The zero-order valence-corrected chi connectivity index (χ0v) is 27.5. The maximum absolute atomic E-state index is 11.1. The zero-order chi connectivity index (χ0) is 35.6. The molecule has 6 aromatic rings. The summed E-state index contributed by atoms with van der Waals surface area (Å²) >= 11 is 0. The molecule has 0 radical (unpaired) electrons. The Morgan fingerprint density at radius 1 is 0.680 bits per heavy atom. The van der Waals surface area contributed by atoms with Crippen molar-refractivity contribution < 1.29 is 28.8 Å². The average Bonchev–Trinajstić information content (AvgIpc) is 3.77. The Balaban J connectivity index is 0.000000194. The lowest BCUT2D eigenvalue weighted by molar-refractivity contribution is -0.385. The number of nitro benzene ring substituents is 2. The lowest BCUT2D eigenvalue weighted by Crippen LogP contribution is -2.05. The van der Waals surface area contributed by atoms with Gasteiger partial charge in [-0.3, -0.25) is 20.2 Å². The van der Waals surface area contributed by atoms with Crippen molar-refractivity contribution in [2.24, 2.45) is 0 Å². The highest BCUT2D eigenvalue weighted by molar-refractivity contribution is 5.54. The first-order chi connectivity index (χ1) is 24.1. The lowest BCUT2D eigenvalue weighted by atomic mass is 10.2.